The molecular formula is C17H17NO4S. The summed E-state index contributed by atoms with van der Waals surface area (Å²) in [6.45, 7) is 1.07. The van der Waals surface area contributed by atoms with Crippen LogP contribution in [0, 0.1) is 0 Å². The van der Waals surface area contributed by atoms with Crippen molar-refractivity contribution in [1.82, 2.24) is 5.32 Å². The standard InChI is InChI=1S/C17H17NO4S/c1-10(20)15-7-12-3-2-11-6-13(22-8-16(21)18-9-19)4-5-14(11)17(12)23-15/h4-7,19H,2-3,8-9H2,1H3,(H,18,21). The summed E-state index contributed by atoms with van der Waals surface area (Å²) in [4.78, 5) is 24.8. The number of ether oxygens (including phenoxy) is 1. The summed E-state index contributed by atoms with van der Waals surface area (Å²) in [5, 5.41) is 10.9. The van der Waals surface area contributed by atoms with Gasteiger partial charge in [0.25, 0.3) is 5.91 Å². The Bertz CT molecular complexity index is 766. The molecule has 5 nitrogen and oxygen atoms in total. The van der Waals surface area contributed by atoms with Gasteiger partial charge in [-0.25, -0.2) is 0 Å². The van der Waals surface area contributed by atoms with E-state index in [4.69, 9.17) is 9.84 Å². The molecule has 1 aromatic carbocycles. The maximum atomic E-state index is 11.6. The zero-order chi connectivity index (χ0) is 16.4. The lowest BCUT2D eigenvalue weighted by Gasteiger charge is -2.17. The molecule has 0 saturated carbocycles. The normalized spacial score (nSPS) is 12.3. The monoisotopic (exact) mass is 331 g/mol. The second-order valence-corrected chi connectivity index (χ2v) is 6.44. The molecule has 0 radical (unpaired) electrons. The van der Waals surface area contributed by atoms with Gasteiger partial charge in [0.1, 0.15) is 12.5 Å². The fourth-order valence-corrected chi connectivity index (χ4v) is 3.83. The molecule has 1 aromatic heterocycles. The third-order valence-electron chi connectivity index (χ3n) is 3.79. The van der Waals surface area contributed by atoms with E-state index in [9.17, 15) is 9.59 Å². The number of carbonyl (C=O) groups excluding carboxylic acids is 2. The van der Waals surface area contributed by atoms with E-state index in [1.165, 1.54) is 16.9 Å². The van der Waals surface area contributed by atoms with E-state index < -0.39 is 6.73 Å². The van der Waals surface area contributed by atoms with Crippen molar-refractivity contribution in [1.29, 1.82) is 0 Å². The molecular weight excluding hydrogens is 314 g/mol. The van der Waals surface area contributed by atoms with Crippen LogP contribution in [0.3, 0.4) is 0 Å². The molecule has 0 fully saturated rings. The summed E-state index contributed by atoms with van der Waals surface area (Å²) in [5.74, 6) is 0.362. The quantitative estimate of drug-likeness (QED) is 0.650. The molecule has 23 heavy (non-hydrogen) atoms. The Labute approximate surface area is 137 Å². The molecule has 2 aromatic rings. The van der Waals surface area contributed by atoms with Crippen molar-refractivity contribution in [3.05, 3.63) is 40.3 Å². The van der Waals surface area contributed by atoms with E-state index in [-0.39, 0.29) is 18.3 Å². The molecule has 6 heteroatoms. The molecule has 3 rings (SSSR count). The van der Waals surface area contributed by atoms with E-state index in [2.05, 4.69) is 5.32 Å². The van der Waals surface area contributed by atoms with Crippen LogP contribution in [0.1, 0.15) is 27.7 Å². The van der Waals surface area contributed by atoms with E-state index >= 15 is 0 Å². The van der Waals surface area contributed by atoms with Crippen LogP contribution in [0.4, 0.5) is 0 Å². The summed E-state index contributed by atoms with van der Waals surface area (Å²) in [6.07, 6.45) is 1.79. The number of hydrogen-bond donors (Lipinski definition) is 2. The lowest BCUT2D eigenvalue weighted by molar-refractivity contribution is -0.124. The van der Waals surface area contributed by atoms with Gasteiger partial charge in [-0.1, -0.05) is 0 Å². The first-order chi connectivity index (χ1) is 11.1. The van der Waals surface area contributed by atoms with Crippen molar-refractivity contribution in [2.45, 2.75) is 19.8 Å². The summed E-state index contributed by atoms with van der Waals surface area (Å²) in [5.41, 5.74) is 3.52. The van der Waals surface area contributed by atoms with E-state index in [1.807, 2.05) is 24.3 Å². The fourth-order valence-electron chi connectivity index (χ4n) is 2.66. The summed E-state index contributed by atoms with van der Waals surface area (Å²) in [6, 6.07) is 7.74. The maximum Gasteiger partial charge on any atom is 0.259 e. The molecule has 0 unspecified atom stereocenters. The highest BCUT2D eigenvalue weighted by Gasteiger charge is 2.21. The number of aryl methyl sites for hydroxylation is 2. The topological polar surface area (TPSA) is 75.6 Å². The van der Waals surface area contributed by atoms with Gasteiger partial charge < -0.3 is 15.2 Å². The average Bonchev–Trinajstić information content (AvgIpc) is 2.98. The number of ketones is 1. The van der Waals surface area contributed by atoms with Crippen LogP contribution in [0.15, 0.2) is 24.3 Å². The Morgan fingerprint density at radius 1 is 1.26 bits per heavy atom. The predicted octanol–water partition coefficient (Wildman–Crippen LogP) is 2.16. The van der Waals surface area contributed by atoms with Gasteiger partial charge in [0.05, 0.1) is 4.88 Å². The molecule has 0 saturated heterocycles. The van der Waals surface area contributed by atoms with Crippen LogP contribution in [0.25, 0.3) is 10.4 Å². The van der Waals surface area contributed by atoms with Crippen LogP contribution in [-0.2, 0) is 17.6 Å². The molecule has 0 atom stereocenters. The highest BCUT2D eigenvalue weighted by Crippen LogP contribution is 2.40. The van der Waals surface area contributed by atoms with Crippen molar-refractivity contribution in [3.63, 3.8) is 0 Å². The van der Waals surface area contributed by atoms with E-state index in [0.29, 0.717) is 5.75 Å². The first-order valence-electron chi connectivity index (χ1n) is 7.36. The SMILES string of the molecule is CC(=O)c1cc2c(s1)-c1ccc(OCC(=O)NCO)cc1CC2. The predicted molar refractivity (Wildman–Crippen MR) is 87.9 cm³/mol. The highest BCUT2D eigenvalue weighted by atomic mass is 32.1. The maximum absolute atomic E-state index is 11.6. The lowest BCUT2D eigenvalue weighted by Crippen LogP contribution is -2.29. The number of Topliss-reactive ketones (excluding diaryl/α,β-unsaturated/α-hetero) is 1. The number of nitrogens with one attached hydrogen (secondary N) is 1. The molecule has 1 aliphatic rings. The smallest absolute Gasteiger partial charge is 0.259 e. The average molecular weight is 331 g/mol. The van der Waals surface area contributed by atoms with E-state index in [1.54, 1.807) is 6.92 Å². The highest BCUT2D eigenvalue weighted by molar-refractivity contribution is 7.17. The number of thiophene rings is 1. The number of benzene rings is 1. The zero-order valence-electron chi connectivity index (χ0n) is 12.7. The van der Waals surface area contributed by atoms with Crippen molar-refractivity contribution >= 4 is 23.0 Å². The molecule has 1 heterocycles. The Hall–Kier alpha value is -2.18. The molecule has 2 N–H and O–H groups in total. The number of aliphatic hydroxyl groups excluding tert-OH is 1. The van der Waals surface area contributed by atoms with Gasteiger partial charge in [-0.05, 0) is 60.7 Å². The van der Waals surface area contributed by atoms with Crippen LogP contribution in [-0.4, -0.2) is 30.1 Å². The molecule has 1 aliphatic carbocycles. The van der Waals surface area contributed by atoms with Crippen molar-refractivity contribution < 1.29 is 19.4 Å². The zero-order valence-corrected chi connectivity index (χ0v) is 13.5. The van der Waals surface area contributed by atoms with Crippen LogP contribution in [0.2, 0.25) is 0 Å². The lowest BCUT2D eigenvalue weighted by atomic mass is 9.91. The number of fused-ring (bicyclic) bond motifs is 3. The van der Waals surface area contributed by atoms with Gasteiger partial charge >= 0.3 is 0 Å². The Balaban J connectivity index is 1.81. The van der Waals surface area contributed by atoms with Crippen molar-refractivity contribution in [2.75, 3.05) is 13.3 Å². The molecule has 120 valence electrons. The van der Waals surface area contributed by atoms with Crippen molar-refractivity contribution in [3.8, 4) is 16.2 Å². The fraction of sp³-hybridized carbons (Fsp3) is 0.294. The third-order valence-corrected chi connectivity index (χ3v) is 5.10. The van der Waals surface area contributed by atoms with Gasteiger partial charge in [-0.15, -0.1) is 11.3 Å². The van der Waals surface area contributed by atoms with Crippen LogP contribution < -0.4 is 10.1 Å². The number of hydrogen-bond acceptors (Lipinski definition) is 5. The van der Waals surface area contributed by atoms with Gasteiger partial charge in [0, 0.05) is 4.88 Å². The Morgan fingerprint density at radius 3 is 2.78 bits per heavy atom. The number of amides is 1. The van der Waals surface area contributed by atoms with Crippen LogP contribution >= 0.6 is 11.3 Å². The summed E-state index contributed by atoms with van der Waals surface area (Å²) >= 11 is 1.53. The number of rotatable bonds is 5. The second kappa shape index (κ2) is 6.52. The minimum atomic E-state index is -0.397. The number of aliphatic hydroxyl groups is 1. The summed E-state index contributed by atoms with van der Waals surface area (Å²) < 4.78 is 5.44. The first kappa shape index (κ1) is 15.7. The number of carbonyl (C=O) groups is 2. The van der Waals surface area contributed by atoms with Gasteiger partial charge in [-0.2, -0.15) is 0 Å². The molecule has 0 aliphatic heterocycles. The Morgan fingerprint density at radius 2 is 2.04 bits per heavy atom. The van der Waals surface area contributed by atoms with Gasteiger partial charge in [-0.3, -0.25) is 9.59 Å². The first-order valence-corrected chi connectivity index (χ1v) is 8.17. The van der Waals surface area contributed by atoms with Crippen LogP contribution in [0.5, 0.6) is 5.75 Å². The third kappa shape index (κ3) is 3.28. The Kier molecular flexibility index (Phi) is 4.45. The molecule has 1 amide bonds. The second-order valence-electron chi connectivity index (χ2n) is 5.39. The largest absolute Gasteiger partial charge is 0.484 e. The van der Waals surface area contributed by atoms with Crippen molar-refractivity contribution in [2.24, 2.45) is 0 Å². The van der Waals surface area contributed by atoms with E-state index in [0.717, 1.165) is 33.7 Å². The minimum absolute atomic E-state index is 0.0980. The van der Waals surface area contributed by atoms with Gasteiger partial charge in [0.2, 0.25) is 0 Å². The molecule has 0 bridgehead atoms. The van der Waals surface area contributed by atoms with Gasteiger partial charge in [0.15, 0.2) is 12.4 Å². The minimum Gasteiger partial charge on any atom is -0.484 e. The summed E-state index contributed by atoms with van der Waals surface area (Å²) in [7, 11) is 0. The molecule has 0 spiro atoms.